The fourth-order valence-corrected chi connectivity index (χ4v) is 5.92. The van der Waals surface area contributed by atoms with Crippen LogP contribution in [0.15, 0.2) is 42.5 Å². The van der Waals surface area contributed by atoms with Gasteiger partial charge < -0.3 is 15.1 Å². The minimum atomic E-state index is -0.0708. The highest BCUT2D eigenvalue weighted by Crippen LogP contribution is 2.62. The molecular formula is C26H28Cl2N4O. The van der Waals surface area contributed by atoms with E-state index in [0.717, 1.165) is 57.4 Å². The number of amides is 2. The zero-order valence-electron chi connectivity index (χ0n) is 18.6. The SMILES string of the molecule is N#Cc1cccc([C@]23CC[C@@H](N(CCN4CCC4)C(=O)Nc4ccc(Cl)c(Cl)c4)CC2C3)c1. The van der Waals surface area contributed by atoms with Crippen molar-refractivity contribution in [3.8, 4) is 6.07 Å². The summed E-state index contributed by atoms with van der Waals surface area (Å²) in [5.74, 6) is 0.564. The molecule has 2 aromatic rings. The first-order valence-electron chi connectivity index (χ1n) is 11.7. The number of urea groups is 1. The number of nitrogens with one attached hydrogen (secondary N) is 1. The molecule has 1 saturated heterocycles. The molecule has 0 bridgehead atoms. The third-order valence-corrected chi connectivity index (χ3v) is 8.50. The van der Waals surface area contributed by atoms with Crippen LogP contribution in [0.4, 0.5) is 10.5 Å². The van der Waals surface area contributed by atoms with E-state index in [1.165, 1.54) is 12.0 Å². The second-order valence-electron chi connectivity index (χ2n) is 9.63. The summed E-state index contributed by atoms with van der Waals surface area (Å²) in [6, 6.07) is 15.7. The van der Waals surface area contributed by atoms with Gasteiger partial charge in [0.2, 0.25) is 0 Å². The van der Waals surface area contributed by atoms with Crippen LogP contribution >= 0.6 is 23.2 Å². The number of hydrogen-bond acceptors (Lipinski definition) is 3. The molecule has 2 aromatic carbocycles. The van der Waals surface area contributed by atoms with Crippen molar-refractivity contribution in [1.82, 2.24) is 9.80 Å². The van der Waals surface area contributed by atoms with Crippen LogP contribution in [-0.4, -0.2) is 48.1 Å². The molecule has 3 aliphatic rings. The maximum Gasteiger partial charge on any atom is 0.322 e. The number of fused-ring (bicyclic) bond motifs is 1. The Labute approximate surface area is 205 Å². The molecule has 2 aliphatic carbocycles. The maximum atomic E-state index is 13.4. The van der Waals surface area contributed by atoms with Gasteiger partial charge in [0.05, 0.1) is 21.7 Å². The Morgan fingerprint density at radius 2 is 2.06 bits per heavy atom. The Hall–Kier alpha value is -2.26. The quantitative estimate of drug-likeness (QED) is 0.555. The molecule has 7 heteroatoms. The second kappa shape index (κ2) is 9.18. The summed E-state index contributed by atoms with van der Waals surface area (Å²) in [6.45, 7) is 3.87. The molecule has 172 valence electrons. The molecule has 2 saturated carbocycles. The third kappa shape index (κ3) is 4.57. The molecule has 3 atom stereocenters. The number of halogens is 2. The lowest BCUT2D eigenvalue weighted by Gasteiger charge is -2.39. The number of nitriles is 1. The highest BCUT2D eigenvalue weighted by molar-refractivity contribution is 6.42. The van der Waals surface area contributed by atoms with Gasteiger partial charge in [-0.2, -0.15) is 5.26 Å². The summed E-state index contributed by atoms with van der Waals surface area (Å²) in [4.78, 5) is 17.8. The fourth-order valence-electron chi connectivity index (χ4n) is 5.62. The van der Waals surface area contributed by atoms with E-state index in [9.17, 15) is 10.1 Å². The summed E-state index contributed by atoms with van der Waals surface area (Å²) in [7, 11) is 0. The van der Waals surface area contributed by atoms with Crippen molar-refractivity contribution in [2.75, 3.05) is 31.5 Å². The van der Waals surface area contributed by atoms with Crippen LogP contribution in [-0.2, 0) is 5.41 Å². The number of benzene rings is 2. The van der Waals surface area contributed by atoms with E-state index in [1.54, 1.807) is 18.2 Å². The normalized spacial score (nSPS) is 26.0. The highest BCUT2D eigenvalue weighted by atomic mass is 35.5. The summed E-state index contributed by atoms with van der Waals surface area (Å²) < 4.78 is 0. The van der Waals surface area contributed by atoms with E-state index < -0.39 is 0 Å². The Bertz CT molecular complexity index is 1100. The molecule has 33 heavy (non-hydrogen) atoms. The Balaban J connectivity index is 1.29. The van der Waals surface area contributed by atoms with Gasteiger partial charge in [0, 0.05) is 24.8 Å². The lowest BCUT2D eigenvalue weighted by Crippen LogP contribution is -2.50. The van der Waals surface area contributed by atoms with Gasteiger partial charge in [-0.15, -0.1) is 0 Å². The lowest BCUT2D eigenvalue weighted by molar-refractivity contribution is 0.123. The van der Waals surface area contributed by atoms with Crippen LogP contribution < -0.4 is 5.32 Å². The minimum Gasteiger partial charge on any atom is -0.320 e. The Morgan fingerprint density at radius 1 is 1.21 bits per heavy atom. The van der Waals surface area contributed by atoms with E-state index in [-0.39, 0.29) is 17.5 Å². The number of likely N-dealkylation sites (tertiary alicyclic amines) is 1. The molecular weight excluding hydrogens is 455 g/mol. The standard InChI is InChI=1S/C26H28Cl2N4O/c27-23-6-5-21(15-24(23)28)30-25(33)32(12-11-31-9-2-10-31)22-7-8-26(16-20(26)14-22)19-4-1-3-18(13-19)17-29/h1,3-6,13,15,20,22H,2,7-12,14,16H2,(H,30,33)/t20?,22-,26-/m1/s1. The second-order valence-corrected chi connectivity index (χ2v) is 10.4. The average Bonchev–Trinajstić information content (AvgIpc) is 3.53. The van der Waals surface area contributed by atoms with Gasteiger partial charge in [-0.1, -0.05) is 35.3 Å². The van der Waals surface area contributed by atoms with Crippen molar-refractivity contribution >= 4 is 34.9 Å². The van der Waals surface area contributed by atoms with Crippen LogP contribution in [0.2, 0.25) is 10.0 Å². The van der Waals surface area contributed by atoms with Crippen LogP contribution in [0, 0.1) is 17.2 Å². The van der Waals surface area contributed by atoms with Gasteiger partial charge in [-0.25, -0.2) is 4.79 Å². The van der Waals surface area contributed by atoms with Gasteiger partial charge >= 0.3 is 6.03 Å². The smallest absolute Gasteiger partial charge is 0.320 e. The molecule has 1 unspecified atom stereocenters. The third-order valence-electron chi connectivity index (χ3n) is 7.76. The number of carbonyl (C=O) groups excluding carboxylic acids is 1. The molecule has 3 fully saturated rings. The van der Waals surface area contributed by atoms with Crippen molar-refractivity contribution in [2.45, 2.75) is 43.6 Å². The van der Waals surface area contributed by atoms with Crippen molar-refractivity contribution in [1.29, 1.82) is 5.26 Å². The maximum absolute atomic E-state index is 13.4. The monoisotopic (exact) mass is 482 g/mol. The minimum absolute atomic E-state index is 0.0708. The highest BCUT2D eigenvalue weighted by Gasteiger charge is 2.58. The summed E-state index contributed by atoms with van der Waals surface area (Å²) in [6.07, 6.45) is 5.42. The predicted molar refractivity (Wildman–Crippen MR) is 132 cm³/mol. The summed E-state index contributed by atoms with van der Waals surface area (Å²) in [5, 5.41) is 13.2. The topological polar surface area (TPSA) is 59.4 Å². The first kappa shape index (κ1) is 22.5. The Morgan fingerprint density at radius 3 is 2.76 bits per heavy atom. The van der Waals surface area contributed by atoms with E-state index in [0.29, 0.717) is 21.7 Å². The lowest BCUT2D eigenvalue weighted by atomic mass is 9.80. The number of rotatable bonds is 6. The number of nitrogens with zero attached hydrogens (tertiary/aromatic N) is 3. The van der Waals surface area contributed by atoms with E-state index >= 15 is 0 Å². The molecule has 0 aromatic heterocycles. The van der Waals surface area contributed by atoms with Gasteiger partial charge in [0.1, 0.15) is 0 Å². The van der Waals surface area contributed by atoms with E-state index in [4.69, 9.17) is 23.2 Å². The molecule has 2 amide bonds. The van der Waals surface area contributed by atoms with Crippen LogP contribution in [0.1, 0.15) is 43.2 Å². The Kier molecular flexibility index (Phi) is 6.26. The summed E-state index contributed by atoms with van der Waals surface area (Å²) >= 11 is 12.2. The van der Waals surface area contributed by atoms with Gasteiger partial charge in [0.15, 0.2) is 0 Å². The van der Waals surface area contributed by atoms with Crippen molar-refractivity contribution in [3.63, 3.8) is 0 Å². The molecule has 5 rings (SSSR count). The first-order valence-corrected chi connectivity index (χ1v) is 12.5. The average molecular weight is 483 g/mol. The van der Waals surface area contributed by atoms with Crippen LogP contribution in [0.5, 0.6) is 0 Å². The molecule has 5 nitrogen and oxygen atoms in total. The number of anilines is 1. The zero-order valence-corrected chi connectivity index (χ0v) is 20.1. The summed E-state index contributed by atoms with van der Waals surface area (Å²) in [5.41, 5.74) is 2.87. The number of hydrogen-bond donors (Lipinski definition) is 1. The largest absolute Gasteiger partial charge is 0.322 e. The molecule has 0 radical (unpaired) electrons. The fraction of sp³-hybridized carbons (Fsp3) is 0.462. The van der Waals surface area contributed by atoms with Crippen molar-refractivity contribution in [2.24, 2.45) is 5.92 Å². The van der Waals surface area contributed by atoms with E-state index in [2.05, 4.69) is 28.4 Å². The zero-order chi connectivity index (χ0) is 23.0. The molecule has 1 N–H and O–H groups in total. The van der Waals surface area contributed by atoms with Crippen LogP contribution in [0.3, 0.4) is 0 Å². The molecule has 0 spiro atoms. The van der Waals surface area contributed by atoms with Gasteiger partial charge in [-0.05, 0) is 92.4 Å². The van der Waals surface area contributed by atoms with Crippen molar-refractivity contribution < 1.29 is 4.79 Å². The van der Waals surface area contributed by atoms with Gasteiger partial charge in [-0.3, -0.25) is 0 Å². The predicted octanol–water partition coefficient (Wildman–Crippen LogP) is 5.92. The molecule has 1 heterocycles. The van der Waals surface area contributed by atoms with Crippen LogP contribution in [0.25, 0.3) is 0 Å². The van der Waals surface area contributed by atoms with Gasteiger partial charge in [0.25, 0.3) is 0 Å². The first-order chi connectivity index (χ1) is 16.0. The molecule has 1 aliphatic heterocycles. The van der Waals surface area contributed by atoms with E-state index in [1.807, 2.05) is 17.0 Å². The van der Waals surface area contributed by atoms with Crippen molar-refractivity contribution in [3.05, 3.63) is 63.6 Å². The number of carbonyl (C=O) groups is 1.